The van der Waals surface area contributed by atoms with Gasteiger partial charge in [-0.05, 0) is 49.8 Å². The van der Waals surface area contributed by atoms with Crippen molar-refractivity contribution in [2.24, 2.45) is 5.92 Å². The van der Waals surface area contributed by atoms with Crippen LogP contribution in [0.15, 0.2) is 23.1 Å². The average Bonchev–Trinajstić information content (AvgIpc) is 2.41. The Morgan fingerprint density at radius 2 is 1.89 bits per heavy atom. The summed E-state index contributed by atoms with van der Waals surface area (Å²) in [6, 6.07) is 3.76. The van der Waals surface area contributed by atoms with E-state index in [0.29, 0.717) is 18.8 Å². The summed E-state index contributed by atoms with van der Waals surface area (Å²) >= 11 is 0. The number of benzene rings is 1. The third-order valence-electron chi connectivity index (χ3n) is 4.11. The highest BCUT2D eigenvalue weighted by molar-refractivity contribution is 7.92. The van der Waals surface area contributed by atoms with Crippen molar-refractivity contribution < 1.29 is 12.8 Å². The van der Waals surface area contributed by atoms with Gasteiger partial charge in [0.1, 0.15) is 5.82 Å². The molecule has 0 radical (unpaired) electrons. The van der Waals surface area contributed by atoms with Crippen molar-refractivity contribution in [3.63, 3.8) is 0 Å². The summed E-state index contributed by atoms with van der Waals surface area (Å²) in [4.78, 5) is 0.0548. The van der Waals surface area contributed by atoms with Gasteiger partial charge in [-0.1, -0.05) is 13.3 Å². The van der Waals surface area contributed by atoms with Crippen LogP contribution in [0.1, 0.15) is 39.0 Å². The highest BCUT2D eigenvalue weighted by Crippen LogP contribution is 2.33. The van der Waals surface area contributed by atoms with E-state index in [1.165, 1.54) is 12.1 Å². The van der Waals surface area contributed by atoms with Gasteiger partial charge in [-0.2, -0.15) is 0 Å². The van der Waals surface area contributed by atoms with Crippen molar-refractivity contribution in [1.29, 1.82) is 0 Å². The van der Waals surface area contributed by atoms with E-state index in [2.05, 4.69) is 6.92 Å². The SMILES string of the molecule is CCC1CCC(S(=O)(=O)c2ccc(N)c(F)c2)CC1. The van der Waals surface area contributed by atoms with E-state index in [1.807, 2.05) is 0 Å². The first-order valence-corrected chi connectivity index (χ1v) is 8.28. The molecule has 5 heteroatoms. The highest BCUT2D eigenvalue weighted by atomic mass is 32.2. The van der Waals surface area contributed by atoms with E-state index in [9.17, 15) is 12.8 Å². The molecule has 0 spiro atoms. The molecule has 3 nitrogen and oxygen atoms in total. The van der Waals surface area contributed by atoms with Gasteiger partial charge in [0.05, 0.1) is 15.8 Å². The van der Waals surface area contributed by atoms with Crippen LogP contribution in [0, 0.1) is 11.7 Å². The van der Waals surface area contributed by atoms with Gasteiger partial charge in [0, 0.05) is 0 Å². The molecule has 1 aromatic carbocycles. The molecule has 2 rings (SSSR count). The zero-order valence-corrected chi connectivity index (χ0v) is 11.9. The largest absolute Gasteiger partial charge is 0.396 e. The lowest BCUT2D eigenvalue weighted by Crippen LogP contribution is -2.27. The first-order chi connectivity index (χ1) is 8.95. The second-order valence-electron chi connectivity index (χ2n) is 5.28. The second kappa shape index (κ2) is 5.49. The van der Waals surface area contributed by atoms with E-state index >= 15 is 0 Å². The van der Waals surface area contributed by atoms with Gasteiger partial charge in [-0.25, -0.2) is 12.8 Å². The fourth-order valence-corrected chi connectivity index (χ4v) is 4.53. The first kappa shape index (κ1) is 14.3. The van der Waals surface area contributed by atoms with Gasteiger partial charge in [-0.3, -0.25) is 0 Å². The van der Waals surface area contributed by atoms with Crippen LogP contribution in [0.5, 0.6) is 0 Å². The fraction of sp³-hybridized carbons (Fsp3) is 0.571. The van der Waals surface area contributed by atoms with E-state index < -0.39 is 15.7 Å². The van der Waals surface area contributed by atoms with Gasteiger partial charge < -0.3 is 5.73 Å². The second-order valence-corrected chi connectivity index (χ2v) is 7.51. The summed E-state index contributed by atoms with van der Waals surface area (Å²) in [5, 5.41) is -0.377. The Balaban J connectivity index is 2.21. The number of nitrogens with two attached hydrogens (primary N) is 1. The van der Waals surface area contributed by atoms with E-state index in [0.717, 1.165) is 25.3 Å². The highest BCUT2D eigenvalue weighted by Gasteiger charge is 2.31. The van der Waals surface area contributed by atoms with Crippen LogP contribution in [0.3, 0.4) is 0 Å². The Morgan fingerprint density at radius 1 is 1.26 bits per heavy atom. The molecule has 0 aliphatic heterocycles. The van der Waals surface area contributed by atoms with Crippen molar-refractivity contribution in [3.05, 3.63) is 24.0 Å². The molecule has 1 saturated carbocycles. The van der Waals surface area contributed by atoms with Crippen molar-refractivity contribution in [3.8, 4) is 0 Å². The number of sulfone groups is 1. The van der Waals surface area contributed by atoms with Crippen molar-refractivity contribution in [1.82, 2.24) is 0 Å². The normalized spacial score (nSPS) is 24.3. The zero-order chi connectivity index (χ0) is 14.0. The molecule has 106 valence electrons. The van der Waals surface area contributed by atoms with Crippen molar-refractivity contribution in [2.45, 2.75) is 49.2 Å². The summed E-state index contributed by atoms with van der Waals surface area (Å²) in [6.45, 7) is 2.13. The molecule has 19 heavy (non-hydrogen) atoms. The lowest BCUT2D eigenvalue weighted by atomic mass is 9.87. The third-order valence-corrected chi connectivity index (χ3v) is 6.37. The Morgan fingerprint density at radius 3 is 2.42 bits per heavy atom. The van der Waals surface area contributed by atoms with Crippen LogP contribution in [0.25, 0.3) is 0 Å². The Bertz CT molecular complexity index is 549. The number of rotatable bonds is 3. The quantitative estimate of drug-likeness (QED) is 0.868. The summed E-state index contributed by atoms with van der Waals surface area (Å²) in [6.07, 6.45) is 4.33. The summed E-state index contributed by atoms with van der Waals surface area (Å²) in [5.41, 5.74) is 5.36. The van der Waals surface area contributed by atoms with Crippen molar-refractivity contribution >= 4 is 15.5 Å². The Hall–Kier alpha value is -1.10. The molecule has 1 fully saturated rings. The molecule has 2 N–H and O–H groups in total. The molecule has 0 amide bonds. The number of hydrogen-bond donors (Lipinski definition) is 1. The maximum absolute atomic E-state index is 13.4. The van der Waals surface area contributed by atoms with Crippen LogP contribution in [-0.2, 0) is 9.84 Å². The van der Waals surface area contributed by atoms with Crippen LogP contribution >= 0.6 is 0 Å². The van der Waals surface area contributed by atoms with Gasteiger partial charge in [0.2, 0.25) is 0 Å². The minimum absolute atomic E-state index is 0.0198. The Kier molecular flexibility index (Phi) is 4.13. The summed E-state index contributed by atoms with van der Waals surface area (Å²) < 4.78 is 38.3. The minimum atomic E-state index is -3.43. The number of nitrogen functional groups attached to an aromatic ring is 1. The predicted molar refractivity (Wildman–Crippen MR) is 74.0 cm³/mol. The molecular weight excluding hydrogens is 265 g/mol. The van der Waals surface area contributed by atoms with Crippen molar-refractivity contribution in [2.75, 3.05) is 5.73 Å². The molecule has 0 aromatic heterocycles. The molecule has 1 aliphatic rings. The molecular formula is C14H20FNO2S. The van der Waals surface area contributed by atoms with Gasteiger partial charge in [0.15, 0.2) is 9.84 Å². The maximum atomic E-state index is 13.4. The van der Waals surface area contributed by atoms with Crippen LogP contribution in [0.4, 0.5) is 10.1 Å². The maximum Gasteiger partial charge on any atom is 0.181 e. The molecule has 1 aliphatic carbocycles. The Labute approximate surface area is 113 Å². The minimum Gasteiger partial charge on any atom is -0.396 e. The van der Waals surface area contributed by atoms with E-state index in [4.69, 9.17) is 5.73 Å². The molecule has 1 aromatic rings. The summed E-state index contributed by atoms with van der Waals surface area (Å²) in [5.74, 6) is -0.0297. The van der Waals surface area contributed by atoms with E-state index in [1.54, 1.807) is 0 Å². The smallest absolute Gasteiger partial charge is 0.181 e. The van der Waals surface area contributed by atoms with Crippen LogP contribution < -0.4 is 5.73 Å². The summed E-state index contributed by atoms with van der Waals surface area (Å²) in [7, 11) is -3.43. The number of hydrogen-bond acceptors (Lipinski definition) is 3. The average molecular weight is 285 g/mol. The molecule has 0 heterocycles. The third kappa shape index (κ3) is 2.91. The lowest BCUT2D eigenvalue weighted by molar-refractivity contribution is 0.348. The number of halogens is 1. The predicted octanol–water partition coefficient (Wildman–Crippen LogP) is 3.15. The fourth-order valence-electron chi connectivity index (χ4n) is 2.73. The molecule has 0 saturated heterocycles. The number of anilines is 1. The standard InChI is InChI=1S/C14H20FNO2S/c1-2-10-3-5-11(6-4-10)19(17,18)12-7-8-14(16)13(15)9-12/h7-11H,2-6,16H2,1H3. The van der Waals surface area contributed by atoms with Gasteiger partial charge in [0.25, 0.3) is 0 Å². The monoisotopic (exact) mass is 285 g/mol. The van der Waals surface area contributed by atoms with E-state index in [-0.39, 0.29) is 15.8 Å². The molecule has 0 unspecified atom stereocenters. The molecule has 0 atom stereocenters. The van der Waals surface area contributed by atoms with Gasteiger partial charge in [-0.15, -0.1) is 0 Å². The molecule has 0 bridgehead atoms. The van der Waals surface area contributed by atoms with Gasteiger partial charge >= 0.3 is 0 Å². The lowest BCUT2D eigenvalue weighted by Gasteiger charge is -2.27. The zero-order valence-electron chi connectivity index (χ0n) is 11.1. The van der Waals surface area contributed by atoms with Crippen LogP contribution in [0.2, 0.25) is 0 Å². The topological polar surface area (TPSA) is 60.2 Å². The van der Waals surface area contributed by atoms with Crippen LogP contribution in [-0.4, -0.2) is 13.7 Å². The first-order valence-electron chi connectivity index (χ1n) is 6.74.